The van der Waals surface area contributed by atoms with Crippen molar-refractivity contribution in [2.24, 2.45) is 11.8 Å². The Morgan fingerprint density at radius 2 is 1.96 bits per heavy atom. The van der Waals surface area contributed by atoms with Crippen molar-refractivity contribution in [2.75, 3.05) is 14.2 Å². The molecule has 1 aliphatic rings. The number of methoxy groups -OCH3 is 2. The van der Waals surface area contributed by atoms with Crippen molar-refractivity contribution < 1.29 is 14.3 Å². The summed E-state index contributed by atoms with van der Waals surface area (Å²) < 4.78 is 10.5. The lowest BCUT2D eigenvalue weighted by atomic mass is 9.78. The Bertz CT molecular complexity index is 693. The van der Waals surface area contributed by atoms with Gasteiger partial charge in [-0.05, 0) is 48.7 Å². The van der Waals surface area contributed by atoms with Crippen LogP contribution in [0, 0.1) is 11.8 Å². The Morgan fingerprint density at radius 1 is 1.19 bits per heavy atom. The van der Waals surface area contributed by atoms with Gasteiger partial charge in [0.2, 0.25) is 0 Å². The number of nitrogens with one attached hydrogen (secondary N) is 3. The minimum absolute atomic E-state index is 0.304. The number of thiocarbonyl (C=S) groups is 1. The second-order valence-corrected chi connectivity index (χ2v) is 7.31. The van der Waals surface area contributed by atoms with Crippen LogP contribution in [0.4, 0.5) is 0 Å². The van der Waals surface area contributed by atoms with Crippen molar-refractivity contribution in [3.63, 3.8) is 0 Å². The third kappa shape index (κ3) is 6.13. The smallest absolute Gasteiger partial charge is 0.262 e. The van der Waals surface area contributed by atoms with Gasteiger partial charge in [-0.3, -0.25) is 15.6 Å². The summed E-state index contributed by atoms with van der Waals surface area (Å²) >= 11 is 5.29. The molecule has 1 amide bonds. The average Bonchev–Trinajstić information content (AvgIpc) is 2.68. The molecule has 0 aliphatic heterocycles. The van der Waals surface area contributed by atoms with E-state index in [2.05, 4.69) is 30.0 Å². The molecule has 0 spiro atoms. The lowest BCUT2D eigenvalue weighted by molar-refractivity contribution is -0.116. The van der Waals surface area contributed by atoms with Crippen LogP contribution >= 0.6 is 12.2 Å². The van der Waals surface area contributed by atoms with E-state index >= 15 is 0 Å². The van der Waals surface area contributed by atoms with Gasteiger partial charge in [0, 0.05) is 23.7 Å². The van der Waals surface area contributed by atoms with Crippen molar-refractivity contribution >= 4 is 29.3 Å². The van der Waals surface area contributed by atoms with E-state index in [-0.39, 0.29) is 5.91 Å². The third-order valence-corrected chi connectivity index (χ3v) is 5.40. The molecular formula is C20H29N3O3S. The van der Waals surface area contributed by atoms with E-state index in [0.29, 0.717) is 34.5 Å². The molecule has 7 heteroatoms. The first-order chi connectivity index (χ1) is 12.9. The first kappa shape index (κ1) is 21.0. The number of hydrogen-bond acceptors (Lipinski definition) is 4. The standard InChI is InChI=1S/C20H29N3O3S/c1-13-6-5-7-17(14(13)2)21-20(27)23-22-19(24)11-9-15-8-10-16(25-3)12-18(15)26-4/h8-14,17H,5-7H2,1-4H3,(H,22,24)(H2,21,23,27)/b11-9+/t13-,14+,17+/m0/s1. The van der Waals surface area contributed by atoms with Gasteiger partial charge in [-0.15, -0.1) is 0 Å². The molecule has 0 saturated heterocycles. The van der Waals surface area contributed by atoms with Crippen LogP contribution in [0.3, 0.4) is 0 Å². The molecule has 148 valence electrons. The van der Waals surface area contributed by atoms with Gasteiger partial charge in [0.15, 0.2) is 5.11 Å². The number of hydrogen-bond donors (Lipinski definition) is 3. The van der Waals surface area contributed by atoms with E-state index in [9.17, 15) is 4.79 Å². The molecule has 1 aromatic carbocycles. The molecule has 3 N–H and O–H groups in total. The highest BCUT2D eigenvalue weighted by atomic mass is 32.1. The summed E-state index contributed by atoms with van der Waals surface area (Å²) in [5, 5.41) is 3.74. The van der Waals surface area contributed by atoms with Crippen LogP contribution in [0.2, 0.25) is 0 Å². The summed E-state index contributed by atoms with van der Waals surface area (Å²) in [5.41, 5.74) is 6.13. The summed E-state index contributed by atoms with van der Waals surface area (Å²) in [6.07, 6.45) is 6.65. The van der Waals surface area contributed by atoms with E-state index in [4.69, 9.17) is 21.7 Å². The van der Waals surface area contributed by atoms with Crippen LogP contribution < -0.4 is 25.6 Å². The SMILES string of the molecule is COc1ccc(/C=C/C(=O)NNC(=S)N[C@@H]2CCC[C@H](C)[C@H]2C)c(OC)c1. The normalized spacial score (nSPS) is 22.1. The number of rotatable bonds is 5. The molecule has 1 aromatic rings. The Balaban J connectivity index is 1.83. The van der Waals surface area contributed by atoms with E-state index in [0.717, 1.165) is 12.0 Å². The summed E-state index contributed by atoms with van der Waals surface area (Å²) in [4.78, 5) is 12.0. The van der Waals surface area contributed by atoms with Crippen LogP contribution in [0.5, 0.6) is 11.5 Å². The molecule has 3 atom stereocenters. The zero-order chi connectivity index (χ0) is 19.8. The fraction of sp³-hybridized carbons (Fsp3) is 0.500. The monoisotopic (exact) mass is 391 g/mol. The maximum Gasteiger partial charge on any atom is 0.262 e. The van der Waals surface area contributed by atoms with E-state index < -0.39 is 0 Å². The van der Waals surface area contributed by atoms with Crippen LogP contribution in [0.15, 0.2) is 24.3 Å². The van der Waals surface area contributed by atoms with Crippen LogP contribution in [0.1, 0.15) is 38.7 Å². The van der Waals surface area contributed by atoms with E-state index in [1.54, 1.807) is 26.4 Å². The van der Waals surface area contributed by atoms with Gasteiger partial charge in [0.05, 0.1) is 14.2 Å². The molecule has 6 nitrogen and oxygen atoms in total. The Hall–Kier alpha value is -2.28. The van der Waals surface area contributed by atoms with Crippen molar-refractivity contribution in [1.29, 1.82) is 0 Å². The zero-order valence-electron chi connectivity index (χ0n) is 16.4. The number of benzene rings is 1. The molecule has 0 unspecified atom stereocenters. The summed E-state index contributed by atoms with van der Waals surface area (Å²) in [7, 11) is 3.17. The van der Waals surface area contributed by atoms with Gasteiger partial charge in [-0.25, -0.2) is 0 Å². The molecule has 1 fully saturated rings. The minimum atomic E-state index is -0.304. The number of amides is 1. The maximum atomic E-state index is 12.0. The minimum Gasteiger partial charge on any atom is -0.497 e. The summed E-state index contributed by atoms with van der Waals surface area (Å²) in [6, 6.07) is 5.74. The predicted octanol–water partition coefficient (Wildman–Crippen LogP) is 3.04. The second kappa shape index (κ2) is 10.2. The number of ether oxygens (including phenoxy) is 2. The summed E-state index contributed by atoms with van der Waals surface area (Å²) in [5.74, 6) is 2.25. The fourth-order valence-corrected chi connectivity index (χ4v) is 3.47. The largest absolute Gasteiger partial charge is 0.497 e. The van der Waals surface area contributed by atoms with Crippen LogP contribution in [-0.4, -0.2) is 31.3 Å². The zero-order valence-corrected chi connectivity index (χ0v) is 17.2. The fourth-order valence-electron chi connectivity index (χ4n) is 3.27. The van der Waals surface area contributed by atoms with Gasteiger partial charge >= 0.3 is 0 Å². The van der Waals surface area contributed by atoms with Crippen molar-refractivity contribution in [2.45, 2.75) is 39.2 Å². The highest BCUT2D eigenvalue weighted by Crippen LogP contribution is 2.29. The Morgan fingerprint density at radius 3 is 2.67 bits per heavy atom. The predicted molar refractivity (Wildman–Crippen MR) is 112 cm³/mol. The van der Waals surface area contributed by atoms with E-state index in [1.807, 2.05) is 12.1 Å². The highest BCUT2D eigenvalue weighted by molar-refractivity contribution is 7.80. The topological polar surface area (TPSA) is 71.6 Å². The average molecular weight is 392 g/mol. The number of hydrazine groups is 1. The van der Waals surface area contributed by atoms with Gasteiger partial charge in [-0.1, -0.05) is 26.7 Å². The lowest BCUT2D eigenvalue weighted by Gasteiger charge is -2.35. The molecule has 0 heterocycles. The van der Waals surface area contributed by atoms with Crippen LogP contribution in [-0.2, 0) is 4.79 Å². The molecule has 0 radical (unpaired) electrons. The van der Waals surface area contributed by atoms with Crippen molar-refractivity contribution in [3.05, 3.63) is 29.8 Å². The van der Waals surface area contributed by atoms with E-state index in [1.165, 1.54) is 18.9 Å². The van der Waals surface area contributed by atoms with Crippen molar-refractivity contribution in [1.82, 2.24) is 16.2 Å². The molecule has 1 aliphatic carbocycles. The first-order valence-electron chi connectivity index (χ1n) is 9.21. The first-order valence-corrected chi connectivity index (χ1v) is 9.62. The van der Waals surface area contributed by atoms with Gasteiger partial charge in [-0.2, -0.15) is 0 Å². The lowest BCUT2D eigenvalue weighted by Crippen LogP contribution is -2.52. The molecule has 27 heavy (non-hydrogen) atoms. The molecule has 0 bridgehead atoms. The van der Waals surface area contributed by atoms with Crippen LogP contribution in [0.25, 0.3) is 6.08 Å². The number of carbonyl (C=O) groups is 1. The highest BCUT2D eigenvalue weighted by Gasteiger charge is 2.27. The second-order valence-electron chi connectivity index (χ2n) is 6.90. The summed E-state index contributed by atoms with van der Waals surface area (Å²) in [6.45, 7) is 4.52. The van der Waals surface area contributed by atoms with Crippen molar-refractivity contribution in [3.8, 4) is 11.5 Å². The third-order valence-electron chi connectivity index (χ3n) is 5.18. The van der Waals surface area contributed by atoms with Gasteiger partial charge < -0.3 is 14.8 Å². The molecular weight excluding hydrogens is 362 g/mol. The molecule has 2 rings (SSSR count). The Kier molecular flexibility index (Phi) is 7.91. The van der Waals surface area contributed by atoms with Gasteiger partial charge in [0.1, 0.15) is 11.5 Å². The molecule has 0 aromatic heterocycles. The maximum absolute atomic E-state index is 12.0. The molecule has 1 saturated carbocycles. The Labute approximate surface area is 166 Å². The number of carbonyl (C=O) groups excluding carboxylic acids is 1. The van der Waals surface area contributed by atoms with Gasteiger partial charge in [0.25, 0.3) is 5.91 Å². The quantitative estimate of drug-likeness (QED) is 0.407.